The summed E-state index contributed by atoms with van der Waals surface area (Å²) in [5.41, 5.74) is 3.83. The third-order valence-electron chi connectivity index (χ3n) is 4.71. The Balaban J connectivity index is 1.84. The lowest BCUT2D eigenvalue weighted by molar-refractivity contribution is 0.0504. The smallest absolute Gasteiger partial charge is 0.0956 e. The van der Waals surface area contributed by atoms with Gasteiger partial charge in [-0.05, 0) is 18.4 Å². The molecule has 2 heterocycles. The van der Waals surface area contributed by atoms with Crippen LogP contribution >= 0.6 is 0 Å². The number of hydrogen-bond donors (Lipinski definition) is 1. The van der Waals surface area contributed by atoms with Crippen LogP contribution in [0.5, 0.6) is 0 Å². The molecule has 3 heteroatoms. The summed E-state index contributed by atoms with van der Waals surface area (Å²) in [6, 6.07) is 8.81. The first-order chi connectivity index (χ1) is 9.36. The van der Waals surface area contributed by atoms with Gasteiger partial charge in [0.25, 0.3) is 0 Å². The third kappa shape index (κ3) is 1.58. The zero-order valence-electron chi connectivity index (χ0n) is 10.9. The second kappa shape index (κ2) is 4.20. The highest BCUT2D eigenvalue weighted by atomic mass is 16.3. The standard InChI is InChI=1S/C16H18N2O/c19-15-8-4-3-7-13(15)16-12-6-2-1-5-11(12)14-9-17-10-18(14)16/h1-2,5-6,9-10,13,15-16,19H,3-4,7-8H2/t13-,15-,16-/m0/s1. The van der Waals surface area contributed by atoms with Gasteiger partial charge in [-0.15, -0.1) is 0 Å². The summed E-state index contributed by atoms with van der Waals surface area (Å²) in [4.78, 5) is 4.29. The Morgan fingerprint density at radius 1 is 1.16 bits per heavy atom. The van der Waals surface area contributed by atoms with Crippen molar-refractivity contribution in [2.45, 2.75) is 37.8 Å². The largest absolute Gasteiger partial charge is 0.393 e. The van der Waals surface area contributed by atoms with Gasteiger partial charge in [-0.25, -0.2) is 4.98 Å². The number of fused-ring (bicyclic) bond motifs is 3. The molecule has 0 spiro atoms. The summed E-state index contributed by atoms with van der Waals surface area (Å²) in [7, 11) is 0. The maximum atomic E-state index is 10.4. The summed E-state index contributed by atoms with van der Waals surface area (Å²) >= 11 is 0. The van der Waals surface area contributed by atoms with Gasteiger partial charge in [0, 0.05) is 11.5 Å². The lowest BCUT2D eigenvalue weighted by Gasteiger charge is -2.33. The normalized spacial score (nSPS) is 29.0. The fourth-order valence-electron chi connectivity index (χ4n) is 3.82. The molecule has 1 aromatic heterocycles. The van der Waals surface area contributed by atoms with Gasteiger partial charge in [0.05, 0.1) is 30.4 Å². The van der Waals surface area contributed by atoms with E-state index in [0.717, 1.165) is 19.3 Å². The molecule has 4 rings (SSSR count). The first-order valence-corrected chi connectivity index (χ1v) is 7.15. The van der Waals surface area contributed by atoms with Crippen LogP contribution in [0.1, 0.15) is 37.3 Å². The molecule has 0 saturated heterocycles. The van der Waals surface area contributed by atoms with Gasteiger partial charge in [-0.1, -0.05) is 37.1 Å². The molecule has 3 nitrogen and oxygen atoms in total. The van der Waals surface area contributed by atoms with E-state index in [0.29, 0.717) is 5.92 Å². The van der Waals surface area contributed by atoms with Gasteiger partial charge in [0.1, 0.15) is 0 Å². The predicted molar refractivity (Wildman–Crippen MR) is 73.8 cm³/mol. The van der Waals surface area contributed by atoms with Crippen molar-refractivity contribution in [1.82, 2.24) is 9.55 Å². The Morgan fingerprint density at radius 3 is 2.89 bits per heavy atom. The molecular weight excluding hydrogens is 236 g/mol. The maximum Gasteiger partial charge on any atom is 0.0956 e. The second-order valence-electron chi connectivity index (χ2n) is 5.73. The second-order valence-corrected chi connectivity index (χ2v) is 5.73. The Labute approximate surface area is 112 Å². The summed E-state index contributed by atoms with van der Waals surface area (Å²) in [6.07, 6.45) is 8.11. The SMILES string of the molecule is O[C@H]1CCCC[C@@H]1[C@@H]1c2ccccc2-c2cncn21. The molecule has 0 radical (unpaired) electrons. The third-order valence-corrected chi connectivity index (χ3v) is 4.71. The molecule has 1 saturated carbocycles. The minimum atomic E-state index is -0.180. The van der Waals surface area contributed by atoms with Gasteiger partial charge in [0.2, 0.25) is 0 Å². The molecule has 0 unspecified atom stereocenters. The molecule has 1 N–H and O–H groups in total. The zero-order valence-corrected chi connectivity index (χ0v) is 10.9. The Bertz CT molecular complexity index is 604. The van der Waals surface area contributed by atoms with Crippen molar-refractivity contribution in [3.8, 4) is 11.3 Å². The molecule has 98 valence electrons. The molecule has 1 aliphatic heterocycles. The number of nitrogens with zero attached hydrogens (tertiary/aromatic N) is 2. The minimum Gasteiger partial charge on any atom is -0.393 e. The van der Waals surface area contributed by atoms with Crippen molar-refractivity contribution in [2.75, 3.05) is 0 Å². The number of aromatic nitrogens is 2. The van der Waals surface area contributed by atoms with Crippen LogP contribution in [-0.2, 0) is 0 Å². The number of hydrogen-bond acceptors (Lipinski definition) is 2. The lowest BCUT2D eigenvalue weighted by atomic mass is 9.79. The highest BCUT2D eigenvalue weighted by Crippen LogP contribution is 2.46. The van der Waals surface area contributed by atoms with Gasteiger partial charge in [0.15, 0.2) is 0 Å². The Morgan fingerprint density at radius 2 is 2.00 bits per heavy atom. The molecule has 2 aromatic rings. The zero-order chi connectivity index (χ0) is 12.8. The average Bonchev–Trinajstić information content (AvgIpc) is 3.00. The van der Waals surface area contributed by atoms with Crippen molar-refractivity contribution < 1.29 is 5.11 Å². The molecular formula is C16H18N2O. The van der Waals surface area contributed by atoms with Crippen molar-refractivity contribution in [3.05, 3.63) is 42.4 Å². The molecule has 0 amide bonds. The minimum absolute atomic E-state index is 0.180. The van der Waals surface area contributed by atoms with E-state index < -0.39 is 0 Å². The molecule has 1 fully saturated rings. The first kappa shape index (κ1) is 11.2. The van der Waals surface area contributed by atoms with Gasteiger partial charge in [-0.3, -0.25) is 0 Å². The van der Waals surface area contributed by atoms with E-state index in [-0.39, 0.29) is 12.1 Å². The highest BCUT2D eigenvalue weighted by Gasteiger charge is 2.38. The molecule has 1 aromatic carbocycles. The van der Waals surface area contributed by atoms with Gasteiger partial charge < -0.3 is 9.67 Å². The first-order valence-electron chi connectivity index (χ1n) is 7.15. The molecule has 2 aliphatic rings. The fraction of sp³-hybridized carbons (Fsp3) is 0.438. The summed E-state index contributed by atoms with van der Waals surface area (Å²) < 4.78 is 2.25. The Kier molecular flexibility index (Phi) is 2.49. The summed E-state index contributed by atoms with van der Waals surface area (Å²) in [6.45, 7) is 0. The van der Waals surface area contributed by atoms with Gasteiger partial charge >= 0.3 is 0 Å². The van der Waals surface area contributed by atoms with Gasteiger partial charge in [-0.2, -0.15) is 0 Å². The van der Waals surface area contributed by atoms with Crippen LogP contribution < -0.4 is 0 Å². The number of benzene rings is 1. The van der Waals surface area contributed by atoms with E-state index >= 15 is 0 Å². The van der Waals surface area contributed by atoms with Crippen LogP contribution in [-0.4, -0.2) is 20.8 Å². The van der Waals surface area contributed by atoms with E-state index in [9.17, 15) is 5.11 Å². The predicted octanol–water partition coefficient (Wildman–Crippen LogP) is 3.00. The quantitative estimate of drug-likeness (QED) is 0.849. The van der Waals surface area contributed by atoms with Crippen LogP contribution in [0.4, 0.5) is 0 Å². The fourth-order valence-corrected chi connectivity index (χ4v) is 3.82. The van der Waals surface area contributed by atoms with Crippen molar-refractivity contribution in [3.63, 3.8) is 0 Å². The van der Waals surface area contributed by atoms with Crippen molar-refractivity contribution in [1.29, 1.82) is 0 Å². The van der Waals surface area contributed by atoms with Crippen LogP contribution in [0.15, 0.2) is 36.8 Å². The molecule has 0 bridgehead atoms. The van der Waals surface area contributed by atoms with E-state index in [2.05, 4.69) is 33.8 Å². The van der Waals surface area contributed by atoms with Crippen molar-refractivity contribution >= 4 is 0 Å². The average molecular weight is 254 g/mol. The van der Waals surface area contributed by atoms with Crippen LogP contribution in [0.3, 0.4) is 0 Å². The molecule has 1 aliphatic carbocycles. The Hall–Kier alpha value is -1.61. The number of aliphatic hydroxyl groups excluding tert-OH is 1. The monoisotopic (exact) mass is 254 g/mol. The van der Waals surface area contributed by atoms with E-state index in [1.807, 2.05) is 12.5 Å². The van der Waals surface area contributed by atoms with Crippen LogP contribution in [0.25, 0.3) is 11.3 Å². The number of aliphatic hydroxyl groups is 1. The highest BCUT2D eigenvalue weighted by molar-refractivity contribution is 5.69. The van der Waals surface area contributed by atoms with Crippen LogP contribution in [0, 0.1) is 5.92 Å². The lowest BCUT2D eigenvalue weighted by Crippen LogP contribution is -2.31. The van der Waals surface area contributed by atoms with E-state index in [4.69, 9.17) is 0 Å². The van der Waals surface area contributed by atoms with Crippen LogP contribution in [0.2, 0.25) is 0 Å². The van der Waals surface area contributed by atoms with E-state index in [1.54, 1.807) is 0 Å². The van der Waals surface area contributed by atoms with E-state index in [1.165, 1.54) is 23.2 Å². The molecule has 19 heavy (non-hydrogen) atoms. The molecule has 3 atom stereocenters. The summed E-state index contributed by atoms with van der Waals surface area (Å²) in [5, 5.41) is 10.4. The number of rotatable bonds is 1. The topological polar surface area (TPSA) is 38.1 Å². The maximum absolute atomic E-state index is 10.4. The summed E-state index contributed by atoms with van der Waals surface area (Å²) in [5.74, 6) is 0.324. The number of imidazole rings is 1. The van der Waals surface area contributed by atoms with Crippen molar-refractivity contribution in [2.24, 2.45) is 5.92 Å².